The van der Waals surface area contributed by atoms with Gasteiger partial charge in [0.15, 0.2) is 0 Å². The lowest BCUT2D eigenvalue weighted by Gasteiger charge is -2.11. The lowest BCUT2D eigenvalue weighted by atomic mass is 9.99. The van der Waals surface area contributed by atoms with Crippen LogP contribution in [0.4, 0.5) is 0 Å². The van der Waals surface area contributed by atoms with Crippen molar-refractivity contribution in [2.45, 2.75) is 12.8 Å². The molecule has 0 saturated heterocycles. The highest BCUT2D eigenvalue weighted by Crippen LogP contribution is 2.23. The minimum absolute atomic E-state index is 0.0906. The molecule has 0 heterocycles. The predicted molar refractivity (Wildman–Crippen MR) is 106 cm³/mol. The second-order valence-electron chi connectivity index (χ2n) is 5.85. The molecule has 0 amide bonds. The third kappa shape index (κ3) is 4.79. The molecule has 0 aliphatic heterocycles. The van der Waals surface area contributed by atoms with E-state index in [9.17, 15) is 11.1 Å². The van der Waals surface area contributed by atoms with E-state index >= 15 is 0 Å². The van der Waals surface area contributed by atoms with Crippen LogP contribution in [0.2, 0.25) is 0 Å². The van der Waals surface area contributed by atoms with Crippen molar-refractivity contribution in [1.82, 2.24) is 0 Å². The topological polar surface area (TPSA) is 82.0 Å². The average Bonchev–Trinajstić information content (AvgIpc) is 3.34. The van der Waals surface area contributed by atoms with Gasteiger partial charge in [-0.3, -0.25) is 0 Å². The summed E-state index contributed by atoms with van der Waals surface area (Å²) in [4.78, 5) is 6.92. The van der Waals surface area contributed by atoms with E-state index in [-0.39, 0.29) is 11.8 Å². The molecule has 128 valence electrons. The SMILES string of the molecule is C=CC(C1=CC=CC1)C(=[N+]=[N-])[SiH2]O[SiH2]C(=[N+]=[N-])C(C=C)C1=CC=CC1. The third-order valence-electron chi connectivity index (χ3n) is 4.35. The van der Waals surface area contributed by atoms with E-state index in [1.807, 2.05) is 24.3 Å². The molecule has 0 saturated carbocycles. The minimum atomic E-state index is -1.22. The van der Waals surface area contributed by atoms with Gasteiger partial charge in [0.2, 0.25) is 0 Å². The van der Waals surface area contributed by atoms with Crippen LogP contribution in [0, 0.1) is 11.8 Å². The van der Waals surface area contributed by atoms with Crippen LogP contribution >= 0.6 is 0 Å². The predicted octanol–water partition coefficient (Wildman–Crippen LogP) is 1.80. The Hall–Kier alpha value is -2.41. The zero-order valence-electron chi connectivity index (χ0n) is 14.2. The zero-order chi connectivity index (χ0) is 18.1. The van der Waals surface area contributed by atoms with Gasteiger partial charge in [0.25, 0.3) is 30.2 Å². The highest BCUT2D eigenvalue weighted by Gasteiger charge is 2.29. The van der Waals surface area contributed by atoms with Gasteiger partial charge in [-0.05, 0) is 24.0 Å². The molecule has 0 aromatic heterocycles. The average molecular weight is 367 g/mol. The van der Waals surface area contributed by atoms with E-state index in [1.165, 1.54) is 0 Å². The van der Waals surface area contributed by atoms with Crippen molar-refractivity contribution in [3.05, 3.63) is 84.0 Å². The highest BCUT2D eigenvalue weighted by atomic mass is 28.3. The molecule has 2 atom stereocenters. The Morgan fingerprint density at radius 1 is 0.960 bits per heavy atom. The van der Waals surface area contributed by atoms with Gasteiger partial charge in [-0.15, -0.1) is 13.2 Å². The molecule has 0 fully saturated rings. The summed E-state index contributed by atoms with van der Waals surface area (Å²) in [6.07, 6.45) is 17.4. The van der Waals surface area contributed by atoms with Gasteiger partial charge in [0.1, 0.15) is 0 Å². The Labute approximate surface area is 152 Å². The summed E-state index contributed by atoms with van der Waals surface area (Å²) >= 11 is 0. The van der Waals surface area contributed by atoms with Crippen LogP contribution in [0.3, 0.4) is 0 Å². The molecule has 0 aromatic rings. The highest BCUT2D eigenvalue weighted by molar-refractivity contribution is 6.80. The summed E-state index contributed by atoms with van der Waals surface area (Å²) in [5.41, 5.74) is 21.1. The first kappa shape index (κ1) is 18.9. The molecule has 0 bridgehead atoms. The molecule has 2 aliphatic rings. The van der Waals surface area contributed by atoms with Crippen LogP contribution in [0.25, 0.3) is 11.1 Å². The van der Waals surface area contributed by atoms with Crippen molar-refractivity contribution in [1.29, 1.82) is 0 Å². The molecule has 2 rings (SSSR count). The molecule has 0 radical (unpaired) electrons. The van der Waals surface area contributed by atoms with E-state index in [0.29, 0.717) is 10.7 Å². The van der Waals surface area contributed by atoms with Gasteiger partial charge in [-0.1, -0.05) is 48.6 Å². The summed E-state index contributed by atoms with van der Waals surface area (Å²) in [5.74, 6) is -0.181. The maximum Gasteiger partial charge on any atom is 0.278 e. The van der Waals surface area contributed by atoms with Crippen LogP contribution in [-0.2, 0) is 4.12 Å². The summed E-state index contributed by atoms with van der Waals surface area (Å²) < 4.78 is 5.93. The smallest absolute Gasteiger partial charge is 0.278 e. The fourth-order valence-electron chi connectivity index (χ4n) is 3.01. The van der Waals surface area contributed by atoms with Crippen molar-refractivity contribution in [3.8, 4) is 0 Å². The molecule has 2 unspecified atom stereocenters. The number of hydrogen-bond donors (Lipinski definition) is 0. The number of rotatable bonds is 10. The van der Waals surface area contributed by atoms with Crippen LogP contribution in [0.15, 0.2) is 72.9 Å². The number of hydrogen-bond acceptors (Lipinski definition) is 1. The van der Waals surface area contributed by atoms with Crippen molar-refractivity contribution < 1.29 is 13.7 Å². The van der Waals surface area contributed by atoms with Crippen LogP contribution < -0.4 is 0 Å². The second kappa shape index (κ2) is 9.78. The fraction of sp³-hybridized carbons (Fsp3) is 0.222. The van der Waals surface area contributed by atoms with Gasteiger partial charge in [-0.2, -0.15) is 9.58 Å². The summed E-state index contributed by atoms with van der Waals surface area (Å²) in [5, 5.41) is 1.29. The molecule has 0 spiro atoms. The van der Waals surface area contributed by atoms with Crippen LogP contribution in [-0.4, -0.2) is 39.8 Å². The van der Waals surface area contributed by atoms with Gasteiger partial charge >= 0.3 is 0 Å². The van der Waals surface area contributed by atoms with E-state index in [4.69, 9.17) is 4.12 Å². The molecule has 2 aliphatic carbocycles. The van der Waals surface area contributed by atoms with E-state index < -0.39 is 19.5 Å². The molecule has 0 aromatic carbocycles. The number of nitrogens with zero attached hydrogens (tertiary/aromatic N) is 4. The molecular weight excluding hydrogens is 344 g/mol. The normalized spacial score (nSPS) is 18.1. The molecular formula is C18H22N4OSi2. The second-order valence-corrected chi connectivity index (χ2v) is 9.51. The Morgan fingerprint density at radius 3 is 1.68 bits per heavy atom. The van der Waals surface area contributed by atoms with E-state index in [0.717, 1.165) is 24.0 Å². The first-order valence-electron chi connectivity index (χ1n) is 8.20. The van der Waals surface area contributed by atoms with E-state index in [2.05, 4.69) is 34.9 Å². The van der Waals surface area contributed by atoms with Crippen molar-refractivity contribution in [3.63, 3.8) is 0 Å². The molecule has 25 heavy (non-hydrogen) atoms. The third-order valence-corrected chi connectivity index (χ3v) is 7.73. The van der Waals surface area contributed by atoms with Crippen LogP contribution in [0.5, 0.6) is 0 Å². The Kier molecular flexibility index (Phi) is 7.41. The quantitative estimate of drug-likeness (QED) is 0.191. The Bertz CT molecular complexity index is 702. The fourth-order valence-corrected chi connectivity index (χ4v) is 6.43. The first-order valence-corrected chi connectivity index (χ1v) is 10.8. The summed E-state index contributed by atoms with van der Waals surface area (Å²) in [6, 6.07) is 0. The lowest BCUT2D eigenvalue weighted by molar-refractivity contribution is -0.00645. The van der Waals surface area contributed by atoms with Gasteiger partial charge in [0, 0.05) is 0 Å². The molecule has 5 nitrogen and oxygen atoms in total. The summed E-state index contributed by atoms with van der Waals surface area (Å²) in [6.45, 7) is 7.71. The largest absolute Gasteiger partial charge is 0.448 e. The van der Waals surface area contributed by atoms with Gasteiger partial charge in [0.05, 0.1) is 11.8 Å². The number of allylic oxidation sites excluding steroid dienone is 10. The maximum absolute atomic E-state index is 9.39. The van der Waals surface area contributed by atoms with Crippen molar-refractivity contribution >= 4 is 30.2 Å². The zero-order valence-corrected chi connectivity index (χ0v) is 17.0. The van der Waals surface area contributed by atoms with Gasteiger partial charge in [-0.25, -0.2) is 0 Å². The summed E-state index contributed by atoms with van der Waals surface area (Å²) in [7, 11) is -2.44. The van der Waals surface area contributed by atoms with Crippen molar-refractivity contribution in [2.75, 3.05) is 0 Å². The Morgan fingerprint density at radius 2 is 1.40 bits per heavy atom. The van der Waals surface area contributed by atoms with Crippen molar-refractivity contribution in [2.24, 2.45) is 11.8 Å². The lowest BCUT2D eigenvalue weighted by Crippen LogP contribution is -2.30. The molecule has 0 N–H and O–H groups in total. The van der Waals surface area contributed by atoms with E-state index in [1.54, 1.807) is 12.2 Å². The maximum atomic E-state index is 9.39. The van der Waals surface area contributed by atoms with Gasteiger partial charge < -0.3 is 15.2 Å². The minimum Gasteiger partial charge on any atom is -0.448 e. The Balaban J connectivity index is 1.97. The standard InChI is InChI=1S/C18H22N4OSi2/c1-3-15(13-9-5-6-10-13)17(21-19)24-23-25-18(22-20)16(4-2)14-11-7-8-12-14/h3-9,11,15-16H,1-2,10,12,24-25H2. The van der Waals surface area contributed by atoms with Crippen LogP contribution in [0.1, 0.15) is 12.8 Å². The first-order chi connectivity index (χ1) is 12.2. The monoisotopic (exact) mass is 366 g/mol. The molecule has 7 heteroatoms.